The fraction of sp³-hybridized carbons (Fsp3) is 0.368. The van der Waals surface area contributed by atoms with Gasteiger partial charge in [-0.1, -0.05) is 0 Å². The zero-order valence-electron chi connectivity index (χ0n) is 15.4. The van der Waals surface area contributed by atoms with Gasteiger partial charge in [0, 0.05) is 12.3 Å². The number of benzene rings is 1. The number of carbonyl (C=O) groups is 1. The lowest BCUT2D eigenvalue weighted by Gasteiger charge is -2.13. The third-order valence-corrected chi connectivity index (χ3v) is 4.97. The molecule has 1 saturated carbocycles. The maximum Gasteiger partial charge on any atom is 0.258 e. The molecule has 0 unspecified atom stereocenters. The monoisotopic (exact) mass is 380 g/mol. The summed E-state index contributed by atoms with van der Waals surface area (Å²) in [5.41, 5.74) is 6.94. The van der Waals surface area contributed by atoms with Gasteiger partial charge in [0.25, 0.3) is 5.91 Å². The minimum absolute atomic E-state index is 0.432. The first-order valence-electron chi connectivity index (χ1n) is 9.30. The summed E-state index contributed by atoms with van der Waals surface area (Å²) >= 11 is 0. The van der Waals surface area contributed by atoms with Crippen molar-refractivity contribution in [3.63, 3.8) is 0 Å². The zero-order valence-corrected chi connectivity index (χ0v) is 15.4. The molecule has 0 radical (unpaired) electrons. The molecule has 144 valence electrons. The van der Waals surface area contributed by atoms with Gasteiger partial charge in [0.2, 0.25) is 0 Å². The van der Waals surface area contributed by atoms with E-state index in [9.17, 15) is 4.79 Å². The Morgan fingerprint density at radius 3 is 3.00 bits per heavy atom. The van der Waals surface area contributed by atoms with Crippen LogP contribution in [-0.4, -0.2) is 42.9 Å². The number of imidazole rings is 1. The Morgan fingerprint density at radius 2 is 2.21 bits per heavy atom. The molecule has 1 aliphatic heterocycles. The lowest BCUT2D eigenvalue weighted by atomic mass is 10.1. The van der Waals surface area contributed by atoms with Crippen LogP contribution in [0.3, 0.4) is 0 Å². The number of primary amides is 1. The van der Waals surface area contributed by atoms with E-state index in [1.54, 1.807) is 25.4 Å². The lowest BCUT2D eigenvalue weighted by Crippen LogP contribution is -2.30. The van der Waals surface area contributed by atoms with Crippen LogP contribution in [0.25, 0.3) is 22.9 Å². The molecular weight excluding hydrogens is 360 g/mol. The van der Waals surface area contributed by atoms with Crippen molar-refractivity contribution in [2.75, 3.05) is 6.61 Å². The number of hydrogen-bond donors (Lipinski definition) is 1. The summed E-state index contributed by atoms with van der Waals surface area (Å²) in [6.07, 6.45) is 5.13. The Labute approximate surface area is 161 Å². The Kier molecular flexibility index (Phi) is 3.81. The van der Waals surface area contributed by atoms with Crippen LogP contribution in [-0.2, 0) is 11.3 Å². The summed E-state index contributed by atoms with van der Waals surface area (Å²) in [6.45, 7) is 2.78. The normalized spacial score (nSPS) is 16.5. The van der Waals surface area contributed by atoms with Gasteiger partial charge >= 0.3 is 0 Å². The molecule has 3 aromatic rings. The molecule has 1 fully saturated rings. The zero-order chi connectivity index (χ0) is 19.3. The molecule has 5 rings (SSSR count). The summed E-state index contributed by atoms with van der Waals surface area (Å²) in [5.74, 6) is 2.27. The van der Waals surface area contributed by atoms with Gasteiger partial charge in [0.1, 0.15) is 36.0 Å². The molecule has 9 heteroatoms. The van der Waals surface area contributed by atoms with E-state index in [4.69, 9.17) is 20.2 Å². The van der Waals surface area contributed by atoms with Gasteiger partial charge in [0.05, 0.1) is 18.2 Å². The second kappa shape index (κ2) is 6.36. The number of carbonyl (C=O) groups excluding carboxylic acids is 1. The largest absolute Gasteiger partial charge is 0.491 e. The topological polar surface area (TPSA) is 110 Å². The van der Waals surface area contributed by atoms with E-state index in [-0.39, 0.29) is 0 Å². The van der Waals surface area contributed by atoms with E-state index in [1.807, 2.05) is 16.9 Å². The number of aromatic nitrogens is 5. The minimum atomic E-state index is -0.716. The molecule has 0 spiro atoms. The molecule has 1 amide bonds. The predicted octanol–water partition coefficient (Wildman–Crippen LogP) is 1.79. The molecule has 0 bridgehead atoms. The Bertz CT molecular complexity index is 1050. The fourth-order valence-corrected chi connectivity index (χ4v) is 3.33. The molecule has 28 heavy (non-hydrogen) atoms. The predicted molar refractivity (Wildman–Crippen MR) is 99.7 cm³/mol. The van der Waals surface area contributed by atoms with Crippen molar-refractivity contribution in [3.05, 3.63) is 30.7 Å². The number of nitrogens with zero attached hydrogens (tertiary/aromatic N) is 5. The summed E-state index contributed by atoms with van der Waals surface area (Å²) in [7, 11) is 0. The van der Waals surface area contributed by atoms with E-state index in [0.717, 1.165) is 35.7 Å². The van der Waals surface area contributed by atoms with Crippen molar-refractivity contribution in [3.8, 4) is 34.4 Å². The molecule has 0 saturated heterocycles. The minimum Gasteiger partial charge on any atom is -0.491 e. The second-order valence-electron chi connectivity index (χ2n) is 7.07. The van der Waals surface area contributed by atoms with Gasteiger partial charge in [-0.3, -0.25) is 4.79 Å². The first kappa shape index (κ1) is 16.8. The number of hydrogen-bond acceptors (Lipinski definition) is 6. The maximum absolute atomic E-state index is 11.2. The molecule has 9 nitrogen and oxygen atoms in total. The van der Waals surface area contributed by atoms with E-state index >= 15 is 0 Å². The number of rotatable bonds is 5. The van der Waals surface area contributed by atoms with E-state index in [0.29, 0.717) is 30.7 Å². The average Bonchev–Trinajstić information content (AvgIpc) is 3.30. The number of ether oxygens (including phenoxy) is 2. The quantitative estimate of drug-likeness (QED) is 0.723. The molecule has 1 aromatic carbocycles. The van der Waals surface area contributed by atoms with Gasteiger partial charge in [-0.15, -0.1) is 0 Å². The molecule has 1 atom stereocenters. The van der Waals surface area contributed by atoms with Crippen LogP contribution in [0, 0.1) is 0 Å². The molecule has 2 aromatic heterocycles. The van der Waals surface area contributed by atoms with Gasteiger partial charge in [-0.05, 0) is 31.9 Å². The van der Waals surface area contributed by atoms with Crippen LogP contribution in [0.1, 0.15) is 25.8 Å². The molecule has 2 N–H and O–H groups in total. The molecule has 2 aliphatic rings. The highest BCUT2D eigenvalue weighted by atomic mass is 16.5. The Hall–Kier alpha value is -3.36. The van der Waals surface area contributed by atoms with E-state index in [1.165, 1.54) is 0 Å². The number of amides is 1. The fourth-order valence-electron chi connectivity index (χ4n) is 3.33. The third-order valence-electron chi connectivity index (χ3n) is 4.97. The second-order valence-corrected chi connectivity index (χ2v) is 7.07. The molecule has 3 heterocycles. The summed E-state index contributed by atoms with van der Waals surface area (Å²) in [5, 5.41) is 4.35. The van der Waals surface area contributed by atoms with Crippen LogP contribution in [0.4, 0.5) is 0 Å². The standard InChI is InChI=1S/C19H20N6O3/c1-11(17(20)26)28-13-4-5-14-16(8-13)27-7-6-24-9-15(23-18(14)24)19-21-10-22-25(19)12-2-3-12/h4-5,8-12H,2-3,6-7H2,1H3,(H2,20,26)/t11-/m0/s1. The van der Waals surface area contributed by atoms with Crippen LogP contribution >= 0.6 is 0 Å². The average molecular weight is 380 g/mol. The number of fused-ring (bicyclic) bond motifs is 3. The van der Waals surface area contributed by atoms with Crippen LogP contribution in [0.2, 0.25) is 0 Å². The smallest absolute Gasteiger partial charge is 0.258 e. The lowest BCUT2D eigenvalue weighted by molar-refractivity contribution is -0.123. The van der Waals surface area contributed by atoms with Crippen molar-refractivity contribution >= 4 is 5.91 Å². The van der Waals surface area contributed by atoms with Crippen molar-refractivity contribution in [2.45, 2.75) is 38.5 Å². The molecular formula is C19H20N6O3. The highest BCUT2D eigenvalue weighted by Crippen LogP contribution is 2.39. The van der Waals surface area contributed by atoms with Gasteiger partial charge in [-0.2, -0.15) is 5.10 Å². The van der Waals surface area contributed by atoms with E-state index in [2.05, 4.69) is 14.6 Å². The van der Waals surface area contributed by atoms with Crippen LogP contribution in [0.5, 0.6) is 11.5 Å². The highest BCUT2D eigenvalue weighted by Gasteiger charge is 2.29. The third kappa shape index (κ3) is 2.88. The van der Waals surface area contributed by atoms with Crippen molar-refractivity contribution in [2.24, 2.45) is 5.73 Å². The van der Waals surface area contributed by atoms with Gasteiger partial charge in [-0.25, -0.2) is 14.6 Å². The van der Waals surface area contributed by atoms with Crippen LogP contribution in [0.15, 0.2) is 30.7 Å². The van der Waals surface area contributed by atoms with Crippen molar-refractivity contribution in [1.82, 2.24) is 24.3 Å². The van der Waals surface area contributed by atoms with Gasteiger partial charge < -0.3 is 19.8 Å². The first-order chi connectivity index (χ1) is 13.6. The van der Waals surface area contributed by atoms with Gasteiger partial charge in [0.15, 0.2) is 11.9 Å². The summed E-state index contributed by atoms with van der Waals surface area (Å²) < 4.78 is 15.5. The SMILES string of the molecule is C[C@H](Oc1ccc2c(c1)OCCn1cc(-c3ncnn3C3CC3)nc1-2)C(N)=O. The van der Waals surface area contributed by atoms with E-state index < -0.39 is 12.0 Å². The summed E-state index contributed by atoms with van der Waals surface area (Å²) in [4.78, 5) is 20.5. The van der Waals surface area contributed by atoms with Crippen molar-refractivity contribution in [1.29, 1.82) is 0 Å². The van der Waals surface area contributed by atoms with Crippen molar-refractivity contribution < 1.29 is 14.3 Å². The number of nitrogens with two attached hydrogens (primary N) is 1. The van der Waals surface area contributed by atoms with Crippen LogP contribution < -0.4 is 15.2 Å². The Morgan fingerprint density at radius 1 is 1.36 bits per heavy atom. The maximum atomic E-state index is 11.2. The summed E-state index contributed by atoms with van der Waals surface area (Å²) in [6, 6.07) is 5.88. The molecule has 1 aliphatic carbocycles. The Balaban J connectivity index is 1.51. The first-order valence-corrected chi connectivity index (χ1v) is 9.30. The highest BCUT2D eigenvalue weighted by molar-refractivity contribution is 5.78.